The van der Waals surface area contributed by atoms with E-state index in [0.717, 1.165) is 22.3 Å². The summed E-state index contributed by atoms with van der Waals surface area (Å²) >= 11 is 0. The minimum absolute atomic E-state index is 0.0490. The highest BCUT2D eigenvalue weighted by atomic mass is 16.2. The smallest absolute Gasteiger partial charge is 0.240 e. The van der Waals surface area contributed by atoms with Crippen molar-refractivity contribution < 1.29 is 4.79 Å². The summed E-state index contributed by atoms with van der Waals surface area (Å²) in [6.45, 7) is 2.00. The highest BCUT2D eigenvalue weighted by Crippen LogP contribution is 2.22. The number of aromatic nitrogens is 4. The van der Waals surface area contributed by atoms with Crippen molar-refractivity contribution in [2.75, 3.05) is 0 Å². The Labute approximate surface area is 131 Å². The molecule has 1 aromatic carbocycles. The van der Waals surface area contributed by atoms with E-state index < -0.39 is 0 Å². The number of nitrogens with zero attached hydrogens (tertiary/aromatic N) is 4. The first-order chi connectivity index (χ1) is 11.2. The van der Waals surface area contributed by atoms with Gasteiger partial charge in [-0.05, 0) is 12.1 Å². The van der Waals surface area contributed by atoms with Crippen molar-refractivity contribution in [3.8, 4) is 11.5 Å². The van der Waals surface area contributed by atoms with Gasteiger partial charge in [0.05, 0.1) is 22.9 Å². The van der Waals surface area contributed by atoms with E-state index in [0.29, 0.717) is 17.9 Å². The third-order valence-electron chi connectivity index (χ3n) is 3.84. The van der Waals surface area contributed by atoms with E-state index in [-0.39, 0.29) is 11.8 Å². The number of imidazole rings is 1. The van der Waals surface area contributed by atoms with Crippen molar-refractivity contribution in [2.45, 2.75) is 13.3 Å². The summed E-state index contributed by atoms with van der Waals surface area (Å²) < 4.78 is 0. The second-order valence-corrected chi connectivity index (χ2v) is 5.55. The van der Waals surface area contributed by atoms with E-state index in [2.05, 4.69) is 30.5 Å². The van der Waals surface area contributed by atoms with Crippen molar-refractivity contribution in [1.82, 2.24) is 25.4 Å². The molecule has 2 aromatic heterocycles. The molecule has 0 saturated carbocycles. The number of rotatable bonds is 2. The number of hydrogen-bond donors (Lipinski definition) is 2. The van der Waals surface area contributed by atoms with Crippen LogP contribution in [0.1, 0.15) is 18.9 Å². The SMILES string of the molecule is CC1CC(=O)NN=C1c1ccc2[nH]c(-c3cnccn3)nc2c1. The maximum absolute atomic E-state index is 11.4. The predicted molar refractivity (Wildman–Crippen MR) is 85.6 cm³/mol. The lowest BCUT2D eigenvalue weighted by Crippen LogP contribution is -2.31. The first-order valence-electron chi connectivity index (χ1n) is 7.33. The van der Waals surface area contributed by atoms with Gasteiger partial charge >= 0.3 is 0 Å². The van der Waals surface area contributed by atoms with Crippen LogP contribution in [0.4, 0.5) is 0 Å². The summed E-state index contributed by atoms with van der Waals surface area (Å²) in [4.78, 5) is 27.5. The molecule has 0 aliphatic carbocycles. The van der Waals surface area contributed by atoms with Crippen LogP contribution in [-0.2, 0) is 4.79 Å². The molecule has 1 amide bonds. The monoisotopic (exact) mass is 306 g/mol. The fraction of sp³-hybridized carbons (Fsp3) is 0.188. The van der Waals surface area contributed by atoms with E-state index in [1.165, 1.54) is 0 Å². The third-order valence-corrected chi connectivity index (χ3v) is 3.84. The van der Waals surface area contributed by atoms with Crippen molar-refractivity contribution in [1.29, 1.82) is 0 Å². The van der Waals surface area contributed by atoms with Gasteiger partial charge < -0.3 is 4.98 Å². The zero-order chi connectivity index (χ0) is 15.8. The molecule has 4 rings (SSSR count). The summed E-state index contributed by atoms with van der Waals surface area (Å²) in [6, 6.07) is 5.91. The lowest BCUT2D eigenvalue weighted by atomic mass is 9.94. The number of fused-ring (bicyclic) bond motifs is 1. The van der Waals surface area contributed by atoms with Crippen molar-refractivity contribution >= 4 is 22.7 Å². The number of carbonyl (C=O) groups is 1. The van der Waals surface area contributed by atoms with Crippen LogP contribution in [-0.4, -0.2) is 31.6 Å². The summed E-state index contributed by atoms with van der Waals surface area (Å²) in [5, 5.41) is 4.19. The Bertz CT molecular complexity index is 915. The molecule has 3 heterocycles. The van der Waals surface area contributed by atoms with E-state index in [9.17, 15) is 4.79 Å². The quantitative estimate of drug-likeness (QED) is 0.755. The van der Waals surface area contributed by atoms with Crippen LogP contribution < -0.4 is 5.43 Å². The van der Waals surface area contributed by atoms with Gasteiger partial charge in [0.25, 0.3) is 0 Å². The van der Waals surface area contributed by atoms with Gasteiger partial charge in [0, 0.05) is 30.3 Å². The van der Waals surface area contributed by atoms with Gasteiger partial charge in [0.2, 0.25) is 5.91 Å². The van der Waals surface area contributed by atoms with Gasteiger partial charge in [-0.1, -0.05) is 13.0 Å². The molecule has 3 aromatic rings. The minimum atomic E-state index is -0.0490. The second-order valence-electron chi connectivity index (χ2n) is 5.55. The third kappa shape index (κ3) is 2.46. The number of nitrogens with one attached hydrogen (secondary N) is 2. The van der Waals surface area contributed by atoms with Gasteiger partial charge in [-0.15, -0.1) is 0 Å². The molecule has 0 spiro atoms. The number of hydrogen-bond acceptors (Lipinski definition) is 5. The lowest BCUT2D eigenvalue weighted by Gasteiger charge is -2.18. The Morgan fingerprint density at radius 3 is 2.96 bits per heavy atom. The van der Waals surface area contributed by atoms with Gasteiger partial charge in [-0.3, -0.25) is 9.78 Å². The largest absolute Gasteiger partial charge is 0.337 e. The summed E-state index contributed by atoms with van der Waals surface area (Å²) in [7, 11) is 0. The van der Waals surface area contributed by atoms with Crippen LogP contribution in [0.25, 0.3) is 22.6 Å². The number of H-pyrrole nitrogens is 1. The normalized spacial score (nSPS) is 17.9. The molecule has 0 bridgehead atoms. The van der Waals surface area contributed by atoms with Crippen LogP contribution >= 0.6 is 0 Å². The highest BCUT2D eigenvalue weighted by molar-refractivity contribution is 6.07. The maximum Gasteiger partial charge on any atom is 0.240 e. The van der Waals surface area contributed by atoms with Gasteiger partial charge in [0.15, 0.2) is 5.82 Å². The number of benzene rings is 1. The van der Waals surface area contributed by atoms with E-state index in [4.69, 9.17) is 0 Å². The van der Waals surface area contributed by atoms with Crippen molar-refractivity contribution in [3.05, 3.63) is 42.4 Å². The van der Waals surface area contributed by atoms with Crippen LogP contribution in [0.15, 0.2) is 41.9 Å². The summed E-state index contributed by atoms with van der Waals surface area (Å²) in [6.07, 6.45) is 5.37. The first kappa shape index (κ1) is 13.6. The molecular weight excluding hydrogens is 292 g/mol. The number of amides is 1. The fourth-order valence-corrected chi connectivity index (χ4v) is 2.71. The second kappa shape index (κ2) is 5.28. The molecule has 23 heavy (non-hydrogen) atoms. The summed E-state index contributed by atoms with van der Waals surface area (Å²) in [5.74, 6) is 0.712. The average Bonchev–Trinajstić information content (AvgIpc) is 2.99. The van der Waals surface area contributed by atoms with E-state index >= 15 is 0 Å². The first-order valence-corrected chi connectivity index (χ1v) is 7.33. The topological polar surface area (TPSA) is 95.9 Å². The molecule has 7 nitrogen and oxygen atoms in total. The van der Waals surface area contributed by atoms with Gasteiger partial charge in [0.1, 0.15) is 5.69 Å². The minimum Gasteiger partial charge on any atom is -0.337 e. The molecule has 1 atom stereocenters. The zero-order valence-electron chi connectivity index (χ0n) is 12.4. The molecule has 114 valence electrons. The van der Waals surface area contributed by atoms with E-state index in [1.54, 1.807) is 18.6 Å². The number of hydrazone groups is 1. The highest BCUT2D eigenvalue weighted by Gasteiger charge is 2.22. The van der Waals surface area contributed by atoms with Crippen molar-refractivity contribution in [3.63, 3.8) is 0 Å². The standard InChI is InChI=1S/C16H14N6O/c1-9-6-14(23)21-22-15(9)10-2-3-11-12(7-10)20-16(19-11)13-8-17-4-5-18-13/h2-5,7-9H,6H2,1H3,(H,19,20)(H,21,23). The fourth-order valence-electron chi connectivity index (χ4n) is 2.71. The van der Waals surface area contributed by atoms with E-state index in [1.807, 2.05) is 25.1 Å². The predicted octanol–water partition coefficient (Wildman–Crippen LogP) is 1.88. The molecule has 0 radical (unpaired) electrons. The molecule has 1 aliphatic rings. The molecular formula is C16H14N6O. The molecule has 1 unspecified atom stereocenters. The molecule has 2 N–H and O–H groups in total. The van der Waals surface area contributed by atoms with Crippen LogP contribution in [0.5, 0.6) is 0 Å². The molecule has 0 fully saturated rings. The molecule has 7 heteroatoms. The van der Waals surface area contributed by atoms with Crippen LogP contribution in [0.3, 0.4) is 0 Å². The zero-order valence-corrected chi connectivity index (χ0v) is 12.4. The van der Waals surface area contributed by atoms with Gasteiger partial charge in [-0.25, -0.2) is 15.4 Å². The van der Waals surface area contributed by atoms with Crippen LogP contribution in [0, 0.1) is 5.92 Å². The van der Waals surface area contributed by atoms with Gasteiger partial charge in [-0.2, -0.15) is 5.10 Å². The Kier molecular flexibility index (Phi) is 3.11. The Morgan fingerprint density at radius 1 is 1.26 bits per heavy atom. The molecule has 1 aliphatic heterocycles. The Morgan fingerprint density at radius 2 is 2.17 bits per heavy atom. The Hall–Kier alpha value is -3.09. The maximum atomic E-state index is 11.4. The Balaban J connectivity index is 1.75. The van der Waals surface area contributed by atoms with Crippen LogP contribution in [0.2, 0.25) is 0 Å². The molecule has 0 saturated heterocycles. The summed E-state index contributed by atoms with van der Waals surface area (Å²) in [5.41, 5.74) is 6.82. The lowest BCUT2D eigenvalue weighted by molar-refractivity contribution is -0.121. The number of carbonyl (C=O) groups excluding carboxylic acids is 1. The number of aromatic amines is 1. The average molecular weight is 306 g/mol. The van der Waals surface area contributed by atoms with Crippen molar-refractivity contribution in [2.24, 2.45) is 11.0 Å².